The molecule has 2 heterocycles. The highest BCUT2D eigenvalue weighted by molar-refractivity contribution is 9.09. The number of hydrogen-bond acceptors (Lipinski definition) is 12. The first-order valence-corrected chi connectivity index (χ1v) is 22.2. The molecule has 7 N–H and O–H groups in total. The fourth-order valence-corrected chi connectivity index (χ4v) is 11.8. The predicted molar refractivity (Wildman–Crippen MR) is 221 cm³/mol. The number of ketones is 2. The number of aliphatic hydroxyl groups is 3. The lowest BCUT2D eigenvalue weighted by molar-refractivity contribution is -0.234. The predicted octanol–water partition coefficient (Wildman–Crippen LogP) is 3.27. The zero-order chi connectivity index (χ0) is 44.9. The number of halogens is 3. The average Bonchev–Trinajstić information content (AvgIpc) is 3.93. The van der Waals surface area contributed by atoms with Crippen molar-refractivity contribution < 1.29 is 67.4 Å². The summed E-state index contributed by atoms with van der Waals surface area (Å²) in [6.07, 6.45) is -2.65. The Bertz CT molecular complexity index is 2240. The number of benzene rings is 1. The minimum atomic E-state index is -2.38. The summed E-state index contributed by atoms with van der Waals surface area (Å²) in [6, 6.07) is 5.49. The maximum Gasteiger partial charge on any atom is 0.303 e. The number of amides is 3. The molecule has 2 aromatic rings. The van der Waals surface area contributed by atoms with E-state index in [9.17, 15) is 49.2 Å². The maximum absolute atomic E-state index is 17.8. The molecule has 4 aliphatic carbocycles. The number of carboxylic acid groups (broad SMARTS) is 1. The Hall–Kier alpha value is -4.24. The SMILES string of the molecule is C[C@]12C=CC(=O)C=C1[C@@H](F)C[C@H]1[C@@H]3C[C@H]4O[C@@H](c5cc(Cc6ccc(CO)c(NC(=O)[C@H](CCC(=O)O)NC(=O)CNC(=O)CBr)c6)cs5)O[C@@]4(C(=O)CO)[C@@]3(C)C[C@H](O)[C@@]12F. The van der Waals surface area contributed by atoms with Gasteiger partial charge in [0.2, 0.25) is 17.7 Å². The van der Waals surface area contributed by atoms with Gasteiger partial charge in [0.05, 0.1) is 35.6 Å². The number of Topliss-reactive ketones (excluding diaryl/α,β-unsaturated/α-hetero) is 1. The van der Waals surface area contributed by atoms with E-state index >= 15 is 8.78 Å². The van der Waals surface area contributed by atoms with Gasteiger partial charge in [-0.15, -0.1) is 11.3 Å². The number of nitrogens with one attached hydrogen (secondary N) is 3. The number of carbonyl (C=O) groups excluding carboxylic acids is 5. The van der Waals surface area contributed by atoms with Crippen LogP contribution in [0.2, 0.25) is 0 Å². The molecule has 1 aliphatic heterocycles. The van der Waals surface area contributed by atoms with Gasteiger partial charge in [-0.25, -0.2) is 8.78 Å². The van der Waals surface area contributed by atoms with Crippen molar-refractivity contribution in [2.24, 2.45) is 22.7 Å². The van der Waals surface area contributed by atoms with E-state index in [1.54, 1.807) is 31.2 Å². The number of aliphatic hydroxyl groups excluding tert-OH is 3. The number of allylic oxidation sites excluding steroid dienone is 4. The number of hydrogen-bond donors (Lipinski definition) is 7. The second-order valence-electron chi connectivity index (χ2n) is 17.1. The molecule has 1 aromatic carbocycles. The van der Waals surface area contributed by atoms with Gasteiger partial charge in [0.25, 0.3) is 0 Å². The van der Waals surface area contributed by atoms with Crippen molar-refractivity contribution >= 4 is 68.2 Å². The Kier molecular flexibility index (Phi) is 12.8. The maximum atomic E-state index is 17.8. The van der Waals surface area contributed by atoms with E-state index in [2.05, 4.69) is 31.9 Å². The molecule has 11 atom stereocenters. The molecule has 1 saturated heterocycles. The fraction of sp³-hybridized carbons (Fsp3) is 0.535. The number of ether oxygens (including phenoxy) is 2. The van der Waals surface area contributed by atoms with Crippen molar-refractivity contribution in [3.05, 3.63) is 75.0 Å². The molecule has 334 valence electrons. The van der Waals surface area contributed by atoms with Crippen LogP contribution in [0.5, 0.6) is 0 Å². The molecule has 15 nitrogen and oxygen atoms in total. The Morgan fingerprint density at radius 1 is 1.06 bits per heavy atom. The number of anilines is 1. The summed E-state index contributed by atoms with van der Waals surface area (Å²) in [5, 5.41) is 50.7. The summed E-state index contributed by atoms with van der Waals surface area (Å²) < 4.78 is 46.8. The summed E-state index contributed by atoms with van der Waals surface area (Å²) in [5.41, 5.74) is -5.09. The molecule has 62 heavy (non-hydrogen) atoms. The van der Waals surface area contributed by atoms with Gasteiger partial charge < -0.3 is 45.9 Å². The molecule has 7 rings (SSSR count). The van der Waals surface area contributed by atoms with Crippen LogP contribution in [0.4, 0.5) is 14.5 Å². The number of rotatable bonds is 15. The lowest BCUT2D eigenvalue weighted by atomic mass is 9.44. The number of aliphatic carboxylic acids is 1. The number of fused-ring (bicyclic) bond motifs is 7. The van der Waals surface area contributed by atoms with Crippen LogP contribution in [-0.2, 0) is 51.3 Å². The Balaban J connectivity index is 1.09. The third-order valence-corrected chi connectivity index (χ3v) is 15.2. The first-order valence-electron chi connectivity index (χ1n) is 20.2. The Morgan fingerprint density at radius 3 is 2.52 bits per heavy atom. The van der Waals surface area contributed by atoms with Gasteiger partial charge in [-0.05, 0) is 91.3 Å². The van der Waals surface area contributed by atoms with Gasteiger partial charge in [-0.2, -0.15) is 0 Å². The number of thiophene rings is 1. The topological polar surface area (TPSA) is 238 Å². The molecule has 4 fully saturated rings. The van der Waals surface area contributed by atoms with Gasteiger partial charge in [0.1, 0.15) is 18.8 Å². The summed E-state index contributed by atoms with van der Waals surface area (Å²) in [5.74, 6) is -6.06. The van der Waals surface area contributed by atoms with Crippen LogP contribution in [0.15, 0.2) is 53.4 Å². The van der Waals surface area contributed by atoms with Gasteiger partial charge in [0, 0.05) is 34.4 Å². The summed E-state index contributed by atoms with van der Waals surface area (Å²) in [4.78, 5) is 75.6. The van der Waals surface area contributed by atoms with Gasteiger partial charge in [-0.1, -0.05) is 41.1 Å². The monoisotopic (exact) mass is 947 g/mol. The van der Waals surface area contributed by atoms with Crippen LogP contribution >= 0.6 is 27.3 Å². The molecule has 5 aliphatic rings. The largest absolute Gasteiger partial charge is 0.481 e. The van der Waals surface area contributed by atoms with Crippen LogP contribution < -0.4 is 16.0 Å². The Labute approximate surface area is 367 Å². The van der Waals surface area contributed by atoms with E-state index in [1.165, 1.54) is 30.4 Å². The smallest absolute Gasteiger partial charge is 0.303 e. The normalized spacial score (nSPS) is 33.6. The van der Waals surface area contributed by atoms with Crippen molar-refractivity contribution in [3.8, 4) is 0 Å². The standard InChI is InChI=1S/C43H48BrF2N3O12S/c1-40-8-7-24(52)12-27(40)28(45)13-26-25-14-34-43(33(54)19-51,41(25,2)15-32(53)42(26,40)46)61-39(60-34)31-11-22(20-62-31)9-21-3-4-23(18-50)30(10-21)49-38(59)29(5-6-37(57)58)48-36(56)17-47-35(55)16-44/h3-4,7-8,10-12,20,25-26,28-29,32,34,39,50-51,53H,5-6,9,13-19H2,1-2H3,(H,47,55)(H,48,56)(H,49,59)(H,57,58)/t25-,26-,28-,29-,32-,34+,39+,40-,41-,42-,43+/m0/s1. The zero-order valence-corrected chi connectivity index (χ0v) is 36.2. The second-order valence-corrected chi connectivity index (χ2v) is 18.6. The minimum Gasteiger partial charge on any atom is -0.481 e. The highest BCUT2D eigenvalue weighted by atomic mass is 79.9. The van der Waals surface area contributed by atoms with E-state index < -0.39 is 126 Å². The van der Waals surface area contributed by atoms with Gasteiger partial charge in [-0.3, -0.25) is 28.8 Å². The third kappa shape index (κ3) is 7.66. The van der Waals surface area contributed by atoms with Crippen molar-refractivity contribution in [2.45, 2.75) is 101 Å². The second kappa shape index (κ2) is 17.4. The molecular formula is C43H48BrF2N3O12S. The van der Waals surface area contributed by atoms with Crippen molar-refractivity contribution in [2.75, 3.05) is 23.8 Å². The highest BCUT2D eigenvalue weighted by Crippen LogP contribution is 2.72. The third-order valence-electron chi connectivity index (χ3n) is 13.7. The number of carbonyl (C=O) groups is 6. The van der Waals surface area contributed by atoms with E-state index in [4.69, 9.17) is 9.47 Å². The summed E-state index contributed by atoms with van der Waals surface area (Å²) >= 11 is 4.25. The van der Waals surface area contributed by atoms with Crippen LogP contribution in [0.25, 0.3) is 0 Å². The molecule has 0 bridgehead atoms. The lowest BCUT2D eigenvalue weighted by Gasteiger charge is -2.63. The van der Waals surface area contributed by atoms with Crippen molar-refractivity contribution in [3.63, 3.8) is 0 Å². The average molecular weight is 949 g/mol. The lowest BCUT2D eigenvalue weighted by Crippen LogP contribution is -2.70. The van der Waals surface area contributed by atoms with Crippen LogP contribution in [0, 0.1) is 22.7 Å². The molecular weight excluding hydrogens is 900 g/mol. The van der Waals surface area contributed by atoms with E-state index in [1.807, 2.05) is 5.38 Å². The Morgan fingerprint density at radius 2 is 1.82 bits per heavy atom. The van der Waals surface area contributed by atoms with Crippen LogP contribution in [0.1, 0.15) is 73.8 Å². The van der Waals surface area contributed by atoms with Gasteiger partial charge in [0.15, 0.2) is 29.1 Å². The number of carboxylic acids is 1. The van der Waals surface area contributed by atoms with Crippen LogP contribution in [-0.4, -0.2) is 110 Å². The molecule has 0 spiro atoms. The molecule has 0 unspecified atom stereocenters. The molecule has 1 aromatic heterocycles. The van der Waals surface area contributed by atoms with Crippen molar-refractivity contribution in [1.82, 2.24) is 10.6 Å². The summed E-state index contributed by atoms with van der Waals surface area (Å²) in [7, 11) is 0. The minimum absolute atomic E-state index is 0.0190. The molecule has 3 saturated carbocycles. The first kappa shape index (κ1) is 45.8. The quantitative estimate of drug-likeness (QED) is 0.128. The van der Waals surface area contributed by atoms with E-state index in [-0.39, 0.29) is 42.3 Å². The zero-order valence-electron chi connectivity index (χ0n) is 33.8. The van der Waals surface area contributed by atoms with E-state index in [0.717, 1.165) is 11.6 Å². The molecule has 3 amide bonds. The highest BCUT2D eigenvalue weighted by Gasteiger charge is 2.80. The number of alkyl halides is 3. The summed E-state index contributed by atoms with van der Waals surface area (Å²) in [6.45, 7) is 1.39. The van der Waals surface area contributed by atoms with Crippen LogP contribution in [0.3, 0.4) is 0 Å². The van der Waals surface area contributed by atoms with E-state index in [0.29, 0.717) is 22.4 Å². The first-order chi connectivity index (χ1) is 29.3. The molecule has 0 radical (unpaired) electrons. The van der Waals surface area contributed by atoms with Crippen molar-refractivity contribution in [1.29, 1.82) is 0 Å². The van der Waals surface area contributed by atoms with Gasteiger partial charge >= 0.3 is 5.97 Å². The fourth-order valence-electron chi connectivity index (χ4n) is 10.8. The molecule has 19 heteroatoms.